The Labute approximate surface area is 189 Å². The van der Waals surface area contributed by atoms with Gasteiger partial charge in [0.05, 0.1) is 33.4 Å². The molecule has 0 aliphatic carbocycles. The van der Waals surface area contributed by atoms with E-state index in [1.807, 2.05) is 0 Å². The molecule has 0 amide bonds. The highest BCUT2D eigenvalue weighted by Crippen LogP contribution is 2.34. The van der Waals surface area contributed by atoms with Crippen LogP contribution in [0.5, 0.6) is 0 Å². The average molecular weight is 472 g/mol. The van der Waals surface area contributed by atoms with Crippen LogP contribution >= 0.6 is 0 Å². The average Bonchev–Trinajstić information content (AvgIpc) is 3.05. The number of aryl methyl sites for hydroxylation is 2. The van der Waals surface area contributed by atoms with Crippen LogP contribution in [0, 0.1) is 19.7 Å². The Kier molecular flexibility index (Phi) is 5.39. The van der Waals surface area contributed by atoms with Crippen LogP contribution in [0.15, 0.2) is 59.4 Å². The third-order valence-corrected chi connectivity index (χ3v) is 5.49. The highest BCUT2D eigenvalue weighted by molar-refractivity contribution is 6.04. The SMILES string of the molecule is Cc1cccc(C(F)(F)F)c1C(=O)n1c(=O)n(-c2ccc(C(=O)O)cc2F)c2cccc(C)c21. The predicted molar refractivity (Wildman–Crippen MR) is 115 cm³/mol. The summed E-state index contributed by atoms with van der Waals surface area (Å²) in [6.45, 7) is 2.88. The summed E-state index contributed by atoms with van der Waals surface area (Å²) in [6, 6.07) is 10.6. The molecule has 6 nitrogen and oxygen atoms in total. The minimum Gasteiger partial charge on any atom is -0.478 e. The summed E-state index contributed by atoms with van der Waals surface area (Å²) in [6.07, 6.45) is -4.85. The van der Waals surface area contributed by atoms with Gasteiger partial charge >= 0.3 is 17.8 Å². The first-order valence-electron chi connectivity index (χ1n) is 9.91. The van der Waals surface area contributed by atoms with Crippen LogP contribution in [-0.4, -0.2) is 26.1 Å². The van der Waals surface area contributed by atoms with E-state index < -0.39 is 40.7 Å². The van der Waals surface area contributed by atoms with Crippen molar-refractivity contribution in [3.05, 3.63) is 98.7 Å². The number of imidazole rings is 1. The molecule has 0 unspecified atom stereocenters. The first-order chi connectivity index (χ1) is 15.9. The topological polar surface area (TPSA) is 81.3 Å². The zero-order valence-corrected chi connectivity index (χ0v) is 17.8. The van der Waals surface area contributed by atoms with Gasteiger partial charge in [-0.05, 0) is 55.3 Å². The lowest BCUT2D eigenvalue weighted by Crippen LogP contribution is -2.31. The number of carboxylic acids is 1. The second-order valence-corrected chi connectivity index (χ2v) is 7.67. The fraction of sp³-hybridized carbons (Fsp3) is 0.125. The number of fused-ring (bicyclic) bond motifs is 1. The molecule has 1 N–H and O–H groups in total. The quantitative estimate of drug-likeness (QED) is 0.428. The summed E-state index contributed by atoms with van der Waals surface area (Å²) in [7, 11) is 0. The van der Waals surface area contributed by atoms with E-state index in [-0.39, 0.29) is 27.8 Å². The van der Waals surface area contributed by atoms with Crippen LogP contribution < -0.4 is 5.69 Å². The molecule has 10 heteroatoms. The molecule has 0 fully saturated rings. The van der Waals surface area contributed by atoms with Gasteiger partial charge in [0.1, 0.15) is 5.82 Å². The van der Waals surface area contributed by atoms with Gasteiger partial charge in [0.25, 0.3) is 5.91 Å². The number of carbonyl (C=O) groups excluding carboxylic acids is 1. The van der Waals surface area contributed by atoms with Crippen molar-refractivity contribution in [1.82, 2.24) is 9.13 Å². The van der Waals surface area contributed by atoms with Crippen molar-refractivity contribution in [3.63, 3.8) is 0 Å². The van der Waals surface area contributed by atoms with Crippen LogP contribution in [0.25, 0.3) is 16.7 Å². The normalized spacial score (nSPS) is 11.7. The summed E-state index contributed by atoms with van der Waals surface area (Å²) in [4.78, 5) is 38.1. The molecule has 4 aromatic rings. The molecule has 0 atom stereocenters. The third kappa shape index (κ3) is 3.57. The number of alkyl halides is 3. The maximum absolute atomic E-state index is 14.9. The number of rotatable bonds is 3. The molecule has 4 rings (SSSR count). The number of benzene rings is 3. The smallest absolute Gasteiger partial charge is 0.417 e. The van der Waals surface area contributed by atoms with E-state index >= 15 is 0 Å². The van der Waals surface area contributed by atoms with E-state index in [1.165, 1.54) is 19.1 Å². The number of halogens is 4. The lowest BCUT2D eigenvalue weighted by Gasteiger charge is -2.14. The fourth-order valence-corrected chi connectivity index (χ4v) is 3.96. The third-order valence-electron chi connectivity index (χ3n) is 5.49. The first kappa shape index (κ1) is 23.0. The lowest BCUT2D eigenvalue weighted by molar-refractivity contribution is -0.138. The second kappa shape index (κ2) is 7.98. The van der Waals surface area contributed by atoms with Gasteiger partial charge in [0, 0.05) is 0 Å². The van der Waals surface area contributed by atoms with Gasteiger partial charge in [-0.3, -0.25) is 9.36 Å². The minimum absolute atomic E-state index is 0.00980. The van der Waals surface area contributed by atoms with Gasteiger partial charge in [-0.2, -0.15) is 13.2 Å². The summed E-state index contributed by atoms with van der Waals surface area (Å²) in [5.74, 6) is -3.65. The number of hydrogen-bond acceptors (Lipinski definition) is 3. The standard InChI is InChI=1S/C24H16F4N2O4/c1-12-5-3-7-15(24(26,27)28)19(12)21(31)30-20-13(2)6-4-8-18(20)29(23(30)34)17-10-9-14(22(32)33)11-16(17)25/h3-11H,1-2H3,(H,32,33). The first-order valence-corrected chi connectivity index (χ1v) is 9.91. The van der Waals surface area contributed by atoms with E-state index in [9.17, 15) is 31.9 Å². The Morgan fingerprint density at radius 2 is 1.59 bits per heavy atom. The summed E-state index contributed by atoms with van der Waals surface area (Å²) < 4.78 is 57.3. The highest BCUT2D eigenvalue weighted by atomic mass is 19.4. The molecule has 0 saturated carbocycles. The van der Waals surface area contributed by atoms with E-state index in [0.717, 1.165) is 28.8 Å². The van der Waals surface area contributed by atoms with Crippen LogP contribution in [0.2, 0.25) is 0 Å². The predicted octanol–water partition coefficient (Wildman–Crippen LogP) is 4.95. The Morgan fingerprint density at radius 3 is 2.21 bits per heavy atom. The zero-order chi connectivity index (χ0) is 24.9. The largest absolute Gasteiger partial charge is 0.478 e. The monoisotopic (exact) mass is 472 g/mol. The molecule has 3 aromatic carbocycles. The molecule has 1 aromatic heterocycles. The Balaban J connectivity index is 2.07. The van der Waals surface area contributed by atoms with Gasteiger partial charge in [-0.15, -0.1) is 0 Å². The number of carbonyl (C=O) groups is 2. The molecule has 174 valence electrons. The van der Waals surface area contributed by atoms with Gasteiger partial charge in [-0.1, -0.05) is 24.3 Å². The number of aromatic nitrogens is 2. The molecule has 34 heavy (non-hydrogen) atoms. The van der Waals surface area contributed by atoms with Crippen molar-refractivity contribution in [2.75, 3.05) is 0 Å². The molecule has 0 radical (unpaired) electrons. The summed E-state index contributed by atoms with van der Waals surface area (Å²) in [5, 5.41) is 9.08. The van der Waals surface area contributed by atoms with Crippen molar-refractivity contribution in [3.8, 4) is 5.69 Å². The molecule has 0 bridgehead atoms. The van der Waals surface area contributed by atoms with E-state index in [1.54, 1.807) is 19.1 Å². The number of para-hydroxylation sites is 1. The van der Waals surface area contributed by atoms with Gasteiger partial charge in [0.2, 0.25) is 0 Å². The van der Waals surface area contributed by atoms with Crippen LogP contribution in [0.1, 0.15) is 37.4 Å². The molecule has 1 heterocycles. The van der Waals surface area contributed by atoms with E-state index in [0.29, 0.717) is 16.2 Å². The van der Waals surface area contributed by atoms with Crippen molar-refractivity contribution >= 4 is 22.9 Å². The molecule has 0 spiro atoms. The van der Waals surface area contributed by atoms with Crippen LogP contribution in [-0.2, 0) is 6.18 Å². The molecular formula is C24H16F4N2O4. The number of carboxylic acid groups (broad SMARTS) is 1. The molecule has 0 aliphatic rings. The second-order valence-electron chi connectivity index (χ2n) is 7.67. The highest BCUT2D eigenvalue weighted by Gasteiger charge is 2.37. The fourth-order valence-electron chi connectivity index (χ4n) is 3.96. The van der Waals surface area contributed by atoms with Gasteiger partial charge in [-0.25, -0.2) is 18.5 Å². The van der Waals surface area contributed by atoms with Crippen LogP contribution in [0.4, 0.5) is 17.6 Å². The van der Waals surface area contributed by atoms with Crippen molar-refractivity contribution in [2.45, 2.75) is 20.0 Å². The maximum atomic E-state index is 14.9. The summed E-state index contributed by atoms with van der Waals surface area (Å²) >= 11 is 0. The molecule has 0 saturated heterocycles. The Bertz CT molecular complexity index is 1550. The number of nitrogens with zero attached hydrogens (tertiary/aromatic N) is 2. The molecule has 0 aliphatic heterocycles. The molecular weight excluding hydrogens is 456 g/mol. The van der Waals surface area contributed by atoms with Gasteiger partial charge < -0.3 is 5.11 Å². The summed E-state index contributed by atoms with van der Waals surface area (Å²) in [5.41, 5.74) is -3.20. The van der Waals surface area contributed by atoms with Crippen molar-refractivity contribution < 1.29 is 32.3 Å². The van der Waals surface area contributed by atoms with Crippen molar-refractivity contribution in [2.24, 2.45) is 0 Å². The van der Waals surface area contributed by atoms with E-state index in [4.69, 9.17) is 5.11 Å². The Morgan fingerprint density at radius 1 is 0.941 bits per heavy atom. The van der Waals surface area contributed by atoms with Crippen molar-refractivity contribution in [1.29, 1.82) is 0 Å². The Hall–Kier alpha value is -4.21. The van der Waals surface area contributed by atoms with Gasteiger partial charge in [0.15, 0.2) is 0 Å². The lowest BCUT2D eigenvalue weighted by atomic mass is 10.0. The zero-order valence-electron chi connectivity index (χ0n) is 17.8. The van der Waals surface area contributed by atoms with E-state index in [2.05, 4.69) is 0 Å². The number of hydrogen-bond donors (Lipinski definition) is 1. The minimum atomic E-state index is -4.85. The number of aromatic carboxylic acids is 1. The van der Waals surface area contributed by atoms with Crippen LogP contribution in [0.3, 0.4) is 0 Å². The maximum Gasteiger partial charge on any atom is 0.417 e.